The van der Waals surface area contributed by atoms with Gasteiger partial charge in [0, 0.05) is 11.1 Å². The van der Waals surface area contributed by atoms with Crippen molar-refractivity contribution in [1.29, 1.82) is 0 Å². The molecule has 1 aromatic carbocycles. The molecule has 2 N–H and O–H groups in total. The first-order chi connectivity index (χ1) is 14.5. The van der Waals surface area contributed by atoms with Crippen LogP contribution in [0.1, 0.15) is 11.5 Å². The molecule has 3 heterocycles. The Morgan fingerprint density at radius 1 is 1.20 bits per heavy atom. The molecule has 0 unspecified atom stereocenters. The minimum absolute atomic E-state index is 0.0476. The average Bonchev–Trinajstić information content (AvgIpc) is 3.33. The van der Waals surface area contributed by atoms with Gasteiger partial charge < -0.3 is 4.52 Å². The quantitative estimate of drug-likeness (QED) is 0.358. The topological polar surface area (TPSA) is 152 Å². The molecule has 0 saturated carbocycles. The number of anilines is 2. The number of benzene rings is 1. The second kappa shape index (κ2) is 7.60. The minimum atomic E-state index is -0.698. The lowest BCUT2D eigenvalue weighted by molar-refractivity contribution is 0.425. The van der Waals surface area contributed by atoms with E-state index in [1.165, 1.54) is 12.1 Å². The summed E-state index contributed by atoms with van der Waals surface area (Å²) in [5.41, 5.74) is 5.30. The zero-order valence-corrected chi connectivity index (χ0v) is 16.3. The van der Waals surface area contributed by atoms with Crippen LogP contribution in [0, 0.1) is 20.4 Å². The zero-order valence-electron chi connectivity index (χ0n) is 15.5. The van der Waals surface area contributed by atoms with Crippen LogP contribution in [-0.2, 0) is 0 Å². The standard InChI is InChI=1S/C17H11N9O3S/c1-7-13(18-3)12-10(6-19-7)26-30-16(12)23-21-9-4-5-11(27)14(15(9)28)22-24-17-20-8(2)25-29-17/h4-6,23H,1-2H3,(H,20,24,25)/b21-9+,22-14+. The molecule has 0 aliphatic rings. The van der Waals surface area contributed by atoms with Gasteiger partial charge in [-0.2, -0.15) is 19.6 Å². The second-order valence-corrected chi connectivity index (χ2v) is 6.70. The maximum atomic E-state index is 12.6. The zero-order chi connectivity index (χ0) is 21.3. The first-order valence-electron chi connectivity index (χ1n) is 8.35. The van der Waals surface area contributed by atoms with Crippen molar-refractivity contribution < 1.29 is 4.52 Å². The predicted octanol–water partition coefficient (Wildman–Crippen LogP) is 0.694. The normalized spacial score (nSPS) is 12.3. The molecule has 0 atom stereocenters. The fourth-order valence-corrected chi connectivity index (χ4v) is 3.23. The van der Waals surface area contributed by atoms with E-state index in [4.69, 9.17) is 11.1 Å². The predicted molar refractivity (Wildman–Crippen MR) is 107 cm³/mol. The van der Waals surface area contributed by atoms with E-state index in [1.807, 2.05) is 0 Å². The van der Waals surface area contributed by atoms with Gasteiger partial charge in [0.05, 0.1) is 18.3 Å². The first-order valence-corrected chi connectivity index (χ1v) is 9.12. The molecule has 30 heavy (non-hydrogen) atoms. The van der Waals surface area contributed by atoms with Crippen LogP contribution in [0.25, 0.3) is 15.7 Å². The van der Waals surface area contributed by atoms with Gasteiger partial charge in [0.1, 0.15) is 10.4 Å². The molecule has 0 amide bonds. The molecule has 3 aromatic heterocycles. The van der Waals surface area contributed by atoms with Crippen molar-refractivity contribution in [3.8, 4) is 0 Å². The fraction of sp³-hybridized carbons (Fsp3) is 0.118. The Morgan fingerprint density at radius 3 is 2.77 bits per heavy atom. The Hall–Kier alpha value is -4.31. The summed E-state index contributed by atoms with van der Waals surface area (Å²) in [5.74, 6) is 0.367. The van der Waals surface area contributed by atoms with Gasteiger partial charge >= 0.3 is 6.01 Å². The van der Waals surface area contributed by atoms with E-state index < -0.39 is 10.9 Å². The second-order valence-electron chi connectivity index (χ2n) is 5.93. The number of hydrogen-bond acceptors (Lipinski definition) is 12. The molecule has 4 rings (SSSR count). The van der Waals surface area contributed by atoms with E-state index in [9.17, 15) is 9.59 Å². The van der Waals surface area contributed by atoms with E-state index in [-0.39, 0.29) is 16.7 Å². The number of pyridine rings is 1. The average molecular weight is 421 g/mol. The first kappa shape index (κ1) is 19.0. The Balaban J connectivity index is 1.75. The smallest absolute Gasteiger partial charge is 0.314 e. The van der Waals surface area contributed by atoms with E-state index in [1.54, 1.807) is 20.0 Å². The Bertz CT molecular complexity index is 1540. The van der Waals surface area contributed by atoms with Gasteiger partial charge in [0.15, 0.2) is 11.2 Å². The highest BCUT2D eigenvalue weighted by atomic mass is 32.1. The van der Waals surface area contributed by atoms with Crippen LogP contribution in [0.3, 0.4) is 0 Å². The van der Waals surface area contributed by atoms with Crippen molar-refractivity contribution in [3.63, 3.8) is 0 Å². The third-order valence-electron chi connectivity index (χ3n) is 3.93. The molecule has 0 saturated heterocycles. The lowest BCUT2D eigenvalue weighted by atomic mass is 10.2. The van der Waals surface area contributed by atoms with Gasteiger partial charge in [-0.05, 0) is 37.5 Å². The van der Waals surface area contributed by atoms with E-state index >= 15 is 0 Å². The minimum Gasteiger partial charge on any atom is -0.314 e. The van der Waals surface area contributed by atoms with Crippen LogP contribution >= 0.6 is 11.5 Å². The molecule has 12 nitrogen and oxygen atoms in total. The highest BCUT2D eigenvalue weighted by Crippen LogP contribution is 2.36. The van der Waals surface area contributed by atoms with Crippen molar-refractivity contribution in [2.75, 3.05) is 10.9 Å². The number of rotatable bonds is 4. The van der Waals surface area contributed by atoms with E-state index in [0.717, 1.165) is 11.5 Å². The molecular weight excluding hydrogens is 410 g/mol. The van der Waals surface area contributed by atoms with E-state index in [2.05, 4.69) is 45.4 Å². The summed E-state index contributed by atoms with van der Waals surface area (Å²) in [4.78, 5) is 36.2. The number of hydrogen-bond donors (Lipinski definition) is 2. The fourth-order valence-electron chi connectivity index (χ4n) is 2.53. The lowest BCUT2D eigenvalue weighted by Gasteiger charge is -2.00. The Kier molecular flexibility index (Phi) is 4.82. The lowest BCUT2D eigenvalue weighted by Crippen LogP contribution is -2.47. The van der Waals surface area contributed by atoms with Gasteiger partial charge in [-0.1, -0.05) is 5.16 Å². The number of fused-ring (bicyclic) bond motifs is 1. The van der Waals surface area contributed by atoms with Gasteiger partial charge in [-0.25, -0.2) is 10.3 Å². The van der Waals surface area contributed by atoms with Gasteiger partial charge in [-0.3, -0.25) is 20.0 Å². The molecule has 0 fully saturated rings. The van der Waals surface area contributed by atoms with Crippen molar-refractivity contribution in [2.24, 2.45) is 10.2 Å². The Morgan fingerprint density at radius 2 is 2.03 bits per heavy atom. The highest BCUT2D eigenvalue weighted by molar-refractivity contribution is 7.11. The summed E-state index contributed by atoms with van der Waals surface area (Å²) in [7, 11) is 0. The highest BCUT2D eigenvalue weighted by Gasteiger charge is 2.14. The summed E-state index contributed by atoms with van der Waals surface area (Å²) < 4.78 is 9.06. The monoisotopic (exact) mass is 421 g/mol. The summed E-state index contributed by atoms with van der Waals surface area (Å²) in [6.07, 6.45) is 1.56. The largest absolute Gasteiger partial charge is 0.341 e. The van der Waals surface area contributed by atoms with Crippen LogP contribution in [0.4, 0.5) is 16.7 Å². The maximum Gasteiger partial charge on any atom is 0.341 e. The molecule has 0 bridgehead atoms. The van der Waals surface area contributed by atoms with Crippen molar-refractivity contribution in [2.45, 2.75) is 13.8 Å². The third kappa shape index (κ3) is 3.42. The molecule has 0 aliphatic carbocycles. The summed E-state index contributed by atoms with van der Waals surface area (Å²) in [6, 6.07) is 2.39. The SMILES string of the molecule is [C-]#[N+]c1c(C)ncc2nsc(N/N=c3\ccc(=O)/c(=N\Nc4nc(C)no4)c3=O)c12. The number of nitrogens with one attached hydrogen (secondary N) is 2. The molecule has 0 spiro atoms. The molecule has 4 aromatic rings. The van der Waals surface area contributed by atoms with Crippen molar-refractivity contribution in [1.82, 2.24) is 19.5 Å². The molecular formula is C17H11N9O3S. The van der Waals surface area contributed by atoms with Crippen LogP contribution < -0.4 is 32.4 Å². The summed E-state index contributed by atoms with van der Waals surface area (Å²) in [6.45, 7) is 10.7. The maximum absolute atomic E-state index is 12.6. The molecule has 13 heteroatoms. The summed E-state index contributed by atoms with van der Waals surface area (Å²) >= 11 is 1.08. The number of aryl methyl sites for hydroxylation is 2. The molecule has 0 aliphatic heterocycles. The van der Waals surface area contributed by atoms with Gasteiger partial charge in [-0.15, -0.1) is 0 Å². The third-order valence-corrected chi connectivity index (χ3v) is 4.70. The number of nitrogens with zero attached hydrogens (tertiary/aromatic N) is 7. The van der Waals surface area contributed by atoms with Gasteiger partial charge in [0.2, 0.25) is 16.5 Å². The van der Waals surface area contributed by atoms with Crippen molar-refractivity contribution in [3.05, 3.63) is 72.4 Å². The van der Waals surface area contributed by atoms with Crippen LogP contribution in [0.5, 0.6) is 0 Å². The van der Waals surface area contributed by atoms with Crippen LogP contribution in [0.15, 0.2) is 42.6 Å². The van der Waals surface area contributed by atoms with Crippen LogP contribution in [0.2, 0.25) is 0 Å². The summed E-state index contributed by atoms with van der Waals surface area (Å²) in [5, 5.41) is 12.0. The Labute approximate surface area is 170 Å². The van der Waals surface area contributed by atoms with Gasteiger partial charge in [0.25, 0.3) is 0 Å². The molecule has 148 valence electrons. The number of aromatic nitrogens is 4. The molecule has 0 radical (unpaired) electrons. The van der Waals surface area contributed by atoms with E-state index in [0.29, 0.717) is 33.1 Å². The van der Waals surface area contributed by atoms with Crippen LogP contribution in [-0.4, -0.2) is 19.5 Å². The van der Waals surface area contributed by atoms with Crippen molar-refractivity contribution >= 4 is 39.1 Å².